The zero-order chi connectivity index (χ0) is 20.8. The molecule has 0 aliphatic carbocycles. The van der Waals surface area contributed by atoms with Gasteiger partial charge in [-0.05, 0) is 37.0 Å². The Hall–Kier alpha value is -3.09. The first-order chi connectivity index (χ1) is 13.3. The molecular weight excluding hydrogens is 358 g/mol. The Morgan fingerprint density at radius 2 is 1.82 bits per heavy atom. The molecule has 28 heavy (non-hydrogen) atoms. The van der Waals surface area contributed by atoms with Crippen molar-refractivity contribution in [3.8, 4) is 0 Å². The molecule has 0 saturated heterocycles. The summed E-state index contributed by atoms with van der Waals surface area (Å²) in [6, 6.07) is 6.81. The minimum absolute atomic E-state index is 0.252. The zero-order valence-corrected chi connectivity index (χ0v) is 16.9. The van der Waals surface area contributed by atoms with Crippen molar-refractivity contribution in [3.63, 3.8) is 0 Å². The highest BCUT2D eigenvalue weighted by Crippen LogP contribution is 2.22. The van der Waals surface area contributed by atoms with Crippen molar-refractivity contribution in [1.29, 1.82) is 0 Å². The van der Waals surface area contributed by atoms with Gasteiger partial charge in [0, 0.05) is 12.2 Å². The van der Waals surface area contributed by atoms with Crippen molar-refractivity contribution in [2.24, 2.45) is 5.92 Å². The van der Waals surface area contributed by atoms with Gasteiger partial charge >= 0.3 is 5.97 Å². The van der Waals surface area contributed by atoms with Crippen molar-refractivity contribution >= 4 is 23.5 Å². The summed E-state index contributed by atoms with van der Waals surface area (Å²) >= 11 is 0. The van der Waals surface area contributed by atoms with Gasteiger partial charge < -0.3 is 20.4 Å². The number of aromatic nitrogens is 1. The molecule has 1 heterocycles. The van der Waals surface area contributed by atoms with Crippen LogP contribution in [0.15, 0.2) is 24.3 Å². The van der Waals surface area contributed by atoms with Crippen LogP contribution < -0.4 is 10.6 Å². The van der Waals surface area contributed by atoms with Gasteiger partial charge in [0.25, 0.3) is 11.8 Å². The first-order valence-electron chi connectivity index (χ1n) is 9.28. The van der Waals surface area contributed by atoms with E-state index in [1.807, 2.05) is 20.8 Å². The van der Waals surface area contributed by atoms with E-state index in [-0.39, 0.29) is 11.6 Å². The SMILES string of the molecule is CCc1[nH]c(C(=O)Nc2ccccc2C(=O)NCC(C)C)c(C)c1C(=O)OC. The summed E-state index contributed by atoms with van der Waals surface area (Å²) in [5.41, 5.74) is 2.58. The maximum absolute atomic E-state index is 12.8. The number of carbonyl (C=O) groups is 3. The summed E-state index contributed by atoms with van der Waals surface area (Å²) in [6.45, 7) is 8.13. The quantitative estimate of drug-likeness (QED) is 0.637. The molecule has 2 aromatic rings. The number of anilines is 1. The third kappa shape index (κ3) is 4.60. The number of aromatic amines is 1. The minimum atomic E-state index is -0.488. The van der Waals surface area contributed by atoms with Gasteiger partial charge in [-0.25, -0.2) is 4.79 Å². The average molecular weight is 385 g/mol. The van der Waals surface area contributed by atoms with E-state index in [1.165, 1.54) is 7.11 Å². The second kappa shape index (κ2) is 9.21. The molecule has 0 bridgehead atoms. The predicted molar refractivity (Wildman–Crippen MR) is 108 cm³/mol. The van der Waals surface area contributed by atoms with E-state index in [9.17, 15) is 14.4 Å². The van der Waals surface area contributed by atoms with Crippen LogP contribution in [0.1, 0.15) is 63.2 Å². The smallest absolute Gasteiger partial charge is 0.339 e. The van der Waals surface area contributed by atoms with Crippen LogP contribution in [0.5, 0.6) is 0 Å². The molecule has 0 fully saturated rings. The molecule has 150 valence electrons. The lowest BCUT2D eigenvalue weighted by atomic mass is 10.1. The van der Waals surface area contributed by atoms with E-state index in [4.69, 9.17) is 4.74 Å². The molecule has 0 aliphatic heterocycles. The number of esters is 1. The average Bonchev–Trinajstić information content (AvgIpc) is 3.02. The van der Waals surface area contributed by atoms with Gasteiger partial charge in [0.2, 0.25) is 0 Å². The van der Waals surface area contributed by atoms with Crippen LogP contribution in [0.2, 0.25) is 0 Å². The number of rotatable bonds is 7. The predicted octanol–water partition coefficient (Wildman–Crippen LogP) is 3.31. The van der Waals surface area contributed by atoms with Crippen LogP contribution in [0.4, 0.5) is 5.69 Å². The van der Waals surface area contributed by atoms with Gasteiger partial charge in [-0.15, -0.1) is 0 Å². The standard InChI is InChI=1S/C21H27N3O4/c1-6-15-17(21(27)28-5)13(4)18(23-15)20(26)24-16-10-8-7-9-14(16)19(25)22-11-12(2)3/h7-10,12,23H,6,11H2,1-5H3,(H,22,25)(H,24,26). The number of hydrogen-bond acceptors (Lipinski definition) is 4. The lowest BCUT2D eigenvalue weighted by molar-refractivity contribution is 0.0598. The van der Waals surface area contributed by atoms with Crippen LogP contribution >= 0.6 is 0 Å². The third-order valence-corrected chi connectivity index (χ3v) is 4.39. The molecule has 0 aliphatic rings. The minimum Gasteiger partial charge on any atom is -0.465 e. The molecule has 0 unspecified atom stereocenters. The van der Waals surface area contributed by atoms with Gasteiger partial charge in [-0.1, -0.05) is 32.9 Å². The van der Waals surface area contributed by atoms with Gasteiger partial charge in [0.05, 0.1) is 23.9 Å². The maximum atomic E-state index is 12.8. The number of para-hydroxylation sites is 1. The number of methoxy groups -OCH3 is 1. The van der Waals surface area contributed by atoms with Crippen molar-refractivity contribution in [2.45, 2.75) is 34.1 Å². The lowest BCUT2D eigenvalue weighted by Crippen LogP contribution is -2.28. The fourth-order valence-electron chi connectivity index (χ4n) is 2.90. The summed E-state index contributed by atoms with van der Waals surface area (Å²) < 4.78 is 4.82. The highest BCUT2D eigenvalue weighted by molar-refractivity contribution is 6.10. The Labute approximate surface area is 164 Å². The van der Waals surface area contributed by atoms with Crippen molar-refractivity contribution in [1.82, 2.24) is 10.3 Å². The number of carbonyl (C=O) groups excluding carboxylic acids is 3. The summed E-state index contributed by atoms with van der Waals surface area (Å²) in [5, 5.41) is 5.62. The number of H-pyrrole nitrogens is 1. The van der Waals surface area contributed by atoms with Gasteiger partial charge in [-0.3, -0.25) is 9.59 Å². The van der Waals surface area contributed by atoms with Crippen LogP contribution in [0.25, 0.3) is 0 Å². The Morgan fingerprint density at radius 1 is 1.14 bits per heavy atom. The molecule has 1 aromatic carbocycles. The molecule has 3 N–H and O–H groups in total. The number of amides is 2. The molecule has 0 radical (unpaired) electrons. The molecule has 2 amide bonds. The molecule has 7 nitrogen and oxygen atoms in total. The summed E-state index contributed by atoms with van der Waals surface area (Å²) in [7, 11) is 1.31. The largest absolute Gasteiger partial charge is 0.465 e. The van der Waals surface area contributed by atoms with E-state index in [0.717, 1.165) is 0 Å². The highest BCUT2D eigenvalue weighted by Gasteiger charge is 2.24. The Bertz CT molecular complexity index is 884. The molecule has 0 atom stereocenters. The van der Waals surface area contributed by atoms with Crippen molar-refractivity contribution in [2.75, 3.05) is 19.0 Å². The van der Waals surface area contributed by atoms with Gasteiger partial charge in [0.15, 0.2) is 0 Å². The number of ether oxygens (including phenoxy) is 1. The molecular formula is C21H27N3O4. The van der Waals surface area contributed by atoms with E-state index in [0.29, 0.717) is 47.0 Å². The maximum Gasteiger partial charge on any atom is 0.339 e. The summed E-state index contributed by atoms with van der Waals surface area (Å²) in [4.78, 5) is 40.4. The number of hydrogen-bond donors (Lipinski definition) is 3. The third-order valence-electron chi connectivity index (χ3n) is 4.39. The normalized spacial score (nSPS) is 10.6. The van der Waals surface area contributed by atoms with Gasteiger partial charge in [0.1, 0.15) is 5.69 Å². The molecule has 0 saturated carbocycles. The van der Waals surface area contributed by atoms with Gasteiger partial charge in [-0.2, -0.15) is 0 Å². The molecule has 0 spiro atoms. The van der Waals surface area contributed by atoms with Crippen molar-refractivity contribution in [3.05, 3.63) is 52.3 Å². The molecule has 2 rings (SSSR count). The second-order valence-corrected chi connectivity index (χ2v) is 6.93. The van der Waals surface area contributed by atoms with E-state index in [1.54, 1.807) is 31.2 Å². The first kappa shape index (κ1) is 21.2. The lowest BCUT2D eigenvalue weighted by Gasteiger charge is -2.12. The number of benzene rings is 1. The molecule has 1 aromatic heterocycles. The monoisotopic (exact) mass is 385 g/mol. The number of aryl methyl sites for hydroxylation is 1. The van der Waals surface area contributed by atoms with Crippen LogP contribution in [0.3, 0.4) is 0 Å². The van der Waals surface area contributed by atoms with Crippen LogP contribution in [-0.4, -0.2) is 36.4 Å². The van der Waals surface area contributed by atoms with Crippen molar-refractivity contribution < 1.29 is 19.1 Å². The Morgan fingerprint density at radius 3 is 2.43 bits per heavy atom. The van der Waals surface area contributed by atoms with Crippen LogP contribution in [-0.2, 0) is 11.2 Å². The summed E-state index contributed by atoms with van der Waals surface area (Å²) in [5.74, 6) is -0.849. The van der Waals surface area contributed by atoms with E-state index < -0.39 is 11.9 Å². The highest BCUT2D eigenvalue weighted by atomic mass is 16.5. The first-order valence-corrected chi connectivity index (χ1v) is 9.28. The Kier molecular flexibility index (Phi) is 6.98. The van der Waals surface area contributed by atoms with E-state index in [2.05, 4.69) is 15.6 Å². The summed E-state index contributed by atoms with van der Waals surface area (Å²) in [6.07, 6.45) is 0.548. The second-order valence-electron chi connectivity index (χ2n) is 6.93. The number of nitrogens with one attached hydrogen (secondary N) is 3. The topological polar surface area (TPSA) is 100 Å². The fraction of sp³-hybridized carbons (Fsp3) is 0.381. The Balaban J connectivity index is 2.30. The zero-order valence-electron chi connectivity index (χ0n) is 16.9. The van der Waals surface area contributed by atoms with Crippen LogP contribution in [0, 0.1) is 12.8 Å². The van der Waals surface area contributed by atoms with E-state index >= 15 is 0 Å². The molecule has 7 heteroatoms. The fourth-order valence-corrected chi connectivity index (χ4v) is 2.90.